The fraction of sp³-hybridized carbons (Fsp3) is 0.308. The molecule has 106 valence electrons. The first-order chi connectivity index (χ1) is 9.67. The molecule has 0 atom stereocenters. The van der Waals surface area contributed by atoms with Gasteiger partial charge in [-0.2, -0.15) is 4.37 Å². The van der Waals surface area contributed by atoms with Crippen LogP contribution in [0.2, 0.25) is 0 Å². The van der Waals surface area contributed by atoms with E-state index in [2.05, 4.69) is 14.7 Å². The topological polar surface area (TPSA) is 84.1 Å². The van der Waals surface area contributed by atoms with E-state index in [0.717, 1.165) is 17.2 Å². The Morgan fingerprint density at radius 2 is 2.30 bits per heavy atom. The Morgan fingerprint density at radius 3 is 2.90 bits per heavy atom. The lowest BCUT2D eigenvalue weighted by Gasteiger charge is -2.21. The average Bonchev–Trinajstić information content (AvgIpc) is 2.86. The van der Waals surface area contributed by atoms with Crippen molar-refractivity contribution in [1.82, 2.24) is 14.7 Å². The van der Waals surface area contributed by atoms with E-state index < -0.39 is 0 Å². The molecule has 0 aliphatic rings. The molecule has 2 aromatic rings. The highest BCUT2D eigenvalue weighted by Gasteiger charge is 2.22. The number of nitrogens with one attached hydrogen (secondary N) is 1. The van der Waals surface area contributed by atoms with E-state index in [1.165, 1.54) is 11.5 Å². The summed E-state index contributed by atoms with van der Waals surface area (Å²) in [6.45, 7) is 3.37. The van der Waals surface area contributed by atoms with Crippen LogP contribution in [0.5, 0.6) is 0 Å². The van der Waals surface area contributed by atoms with Crippen molar-refractivity contribution < 1.29 is 4.79 Å². The first-order valence-electron chi connectivity index (χ1n) is 6.29. The zero-order valence-corrected chi connectivity index (χ0v) is 12.3. The highest BCUT2D eigenvalue weighted by atomic mass is 32.1. The number of pyridine rings is 1. The first kappa shape index (κ1) is 14.3. The van der Waals surface area contributed by atoms with Crippen molar-refractivity contribution in [2.75, 3.05) is 24.2 Å². The smallest absolute Gasteiger partial charge is 0.257 e. The molecule has 0 spiro atoms. The average molecular weight is 291 g/mol. The number of anilines is 2. The van der Waals surface area contributed by atoms with Gasteiger partial charge in [0.05, 0.1) is 12.2 Å². The normalized spacial score (nSPS) is 10.3. The minimum Gasteiger partial charge on any atom is -0.382 e. The van der Waals surface area contributed by atoms with Crippen molar-refractivity contribution in [2.45, 2.75) is 13.5 Å². The molecule has 0 bridgehead atoms. The molecule has 2 rings (SSSR count). The van der Waals surface area contributed by atoms with Gasteiger partial charge in [-0.1, -0.05) is 6.07 Å². The fourth-order valence-electron chi connectivity index (χ4n) is 1.86. The third-order valence-corrected chi connectivity index (χ3v) is 3.83. The van der Waals surface area contributed by atoms with Crippen molar-refractivity contribution in [3.63, 3.8) is 0 Å². The summed E-state index contributed by atoms with van der Waals surface area (Å²) >= 11 is 1.23. The second-order valence-electron chi connectivity index (χ2n) is 4.16. The van der Waals surface area contributed by atoms with Crippen LogP contribution < -0.4 is 16.0 Å². The van der Waals surface area contributed by atoms with Gasteiger partial charge in [0.15, 0.2) is 5.82 Å². The van der Waals surface area contributed by atoms with Gasteiger partial charge in [-0.25, -0.2) is 0 Å². The fourth-order valence-corrected chi connectivity index (χ4v) is 2.74. The van der Waals surface area contributed by atoms with E-state index in [-0.39, 0.29) is 11.7 Å². The summed E-state index contributed by atoms with van der Waals surface area (Å²) < 4.78 is 4.09. The van der Waals surface area contributed by atoms with Crippen LogP contribution in [0, 0.1) is 0 Å². The van der Waals surface area contributed by atoms with E-state index in [9.17, 15) is 4.79 Å². The molecule has 0 aliphatic carbocycles. The number of nitrogen functional groups attached to an aromatic ring is 1. The number of hydrogen-bond acceptors (Lipinski definition) is 6. The lowest BCUT2D eigenvalue weighted by molar-refractivity contribution is 0.0964. The van der Waals surface area contributed by atoms with Crippen LogP contribution in [0.3, 0.4) is 0 Å². The number of carbonyl (C=O) groups excluding carboxylic acids is 1. The highest BCUT2D eigenvalue weighted by Crippen LogP contribution is 2.31. The molecular formula is C13H17N5OS. The molecule has 0 fully saturated rings. The van der Waals surface area contributed by atoms with Crippen molar-refractivity contribution in [1.29, 1.82) is 0 Å². The maximum absolute atomic E-state index is 11.9. The number of hydrogen-bond donors (Lipinski definition) is 2. The highest BCUT2D eigenvalue weighted by molar-refractivity contribution is 7.11. The minimum absolute atomic E-state index is 0.217. The molecule has 1 amide bonds. The number of aromatic nitrogens is 2. The summed E-state index contributed by atoms with van der Waals surface area (Å²) in [5.74, 6) is 0.0505. The molecule has 0 saturated heterocycles. The Bertz CT molecular complexity index is 584. The van der Waals surface area contributed by atoms with Crippen molar-refractivity contribution in [2.24, 2.45) is 0 Å². The number of carbonyl (C=O) groups is 1. The Kier molecular flexibility index (Phi) is 4.52. The van der Waals surface area contributed by atoms with Gasteiger partial charge >= 0.3 is 0 Å². The van der Waals surface area contributed by atoms with Crippen LogP contribution in [0.4, 0.5) is 10.8 Å². The number of rotatable bonds is 5. The summed E-state index contributed by atoms with van der Waals surface area (Å²) in [6.07, 6.45) is 1.75. The van der Waals surface area contributed by atoms with Crippen LogP contribution in [0.1, 0.15) is 23.0 Å². The Morgan fingerprint density at radius 1 is 1.50 bits per heavy atom. The quantitative estimate of drug-likeness (QED) is 0.872. The monoisotopic (exact) mass is 291 g/mol. The summed E-state index contributed by atoms with van der Waals surface area (Å²) in [5.41, 5.74) is 7.17. The van der Waals surface area contributed by atoms with E-state index >= 15 is 0 Å². The second kappa shape index (κ2) is 6.33. The van der Waals surface area contributed by atoms with Crippen LogP contribution in [0.15, 0.2) is 24.4 Å². The molecular weight excluding hydrogens is 274 g/mol. The van der Waals surface area contributed by atoms with Gasteiger partial charge in [-0.3, -0.25) is 9.78 Å². The van der Waals surface area contributed by atoms with Crippen molar-refractivity contribution >= 4 is 28.3 Å². The standard InChI is InChI=1S/C13H17N5OS/c1-3-18(8-9-6-4-5-7-16-9)13-10(12(19)15-2)11(14)17-20-13/h4-7H,3,8H2,1-2H3,(H2,14,17)(H,15,19). The van der Waals surface area contributed by atoms with Crippen LogP contribution in [0.25, 0.3) is 0 Å². The first-order valence-corrected chi connectivity index (χ1v) is 7.06. The number of amides is 1. The van der Waals surface area contributed by atoms with Crippen molar-refractivity contribution in [3.8, 4) is 0 Å². The van der Waals surface area contributed by atoms with Crippen LogP contribution in [-0.2, 0) is 6.54 Å². The zero-order chi connectivity index (χ0) is 14.5. The lowest BCUT2D eigenvalue weighted by atomic mass is 10.2. The van der Waals surface area contributed by atoms with Gasteiger partial charge in [0.1, 0.15) is 10.6 Å². The van der Waals surface area contributed by atoms with Crippen molar-refractivity contribution in [3.05, 3.63) is 35.7 Å². The maximum atomic E-state index is 11.9. The van der Waals surface area contributed by atoms with Gasteiger partial charge in [0, 0.05) is 19.8 Å². The molecule has 0 radical (unpaired) electrons. The molecule has 0 unspecified atom stereocenters. The predicted octanol–water partition coefficient (Wildman–Crippen LogP) is 1.51. The third kappa shape index (κ3) is 2.88. The minimum atomic E-state index is -0.217. The van der Waals surface area contributed by atoms with Gasteiger partial charge in [0.2, 0.25) is 0 Å². The van der Waals surface area contributed by atoms with Crippen LogP contribution in [-0.4, -0.2) is 28.9 Å². The number of nitrogens with zero attached hydrogens (tertiary/aromatic N) is 3. The number of nitrogens with two attached hydrogens (primary N) is 1. The maximum Gasteiger partial charge on any atom is 0.257 e. The summed E-state index contributed by atoms with van der Waals surface area (Å²) in [5, 5.41) is 3.37. The molecule has 0 saturated carbocycles. The second-order valence-corrected chi connectivity index (χ2v) is 4.91. The Hall–Kier alpha value is -2.15. The summed E-state index contributed by atoms with van der Waals surface area (Å²) in [7, 11) is 1.58. The molecule has 7 heteroatoms. The summed E-state index contributed by atoms with van der Waals surface area (Å²) in [6, 6.07) is 5.77. The van der Waals surface area contributed by atoms with E-state index in [4.69, 9.17) is 5.73 Å². The Balaban J connectivity index is 2.31. The van der Waals surface area contributed by atoms with E-state index in [1.54, 1.807) is 13.2 Å². The van der Waals surface area contributed by atoms with Gasteiger partial charge in [0.25, 0.3) is 5.91 Å². The lowest BCUT2D eigenvalue weighted by Crippen LogP contribution is -2.26. The molecule has 0 aliphatic heterocycles. The van der Waals surface area contributed by atoms with Crippen LogP contribution >= 0.6 is 11.5 Å². The van der Waals surface area contributed by atoms with E-state index in [1.807, 2.05) is 30.0 Å². The third-order valence-electron chi connectivity index (χ3n) is 2.90. The predicted molar refractivity (Wildman–Crippen MR) is 80.9 cm³/mol. The molecule has 3 N–H and O–H groups in total. The Labute approximate surface area is 121 Å². The largest absolute Gasteiger partial charge is 0.382 e. The van der Waals surface area contributed by atoms with Gasteiger partial charge < -0.3 is 16.0 Å². The van der Waals surface area contributed by atoms with Gasteiger partial charge in [-0.05, 0) is 30.6 Å². The van der Waals surface area contributed by atoms with Gasteiger partial charge in [-0.15, -0.1) is 0 Å². The molecule has 20 heavy (non-hydrogen) atoms. The van der Waals surface area contributed by atoms with E-state index in [0.29, 0.717) is 12.1 Å². The summed E-state index contributed by atoms with van der Waals surface area (Å²) in [4.78, 5) is 18.3. The molecule has 0 aromatic carbocycles. The zero-order valence-electron chi connectivity index (χ0n) is 11.5. The molecule has 2 aromatic heterocycles. The SMILES string of the molecule is CCN(Cc1ccccn1)c1snc(N)c1C(=O)NC. The molecule has 6 nitrogen and oxygen atoms in total. The molecule has 2 heterocycles.